The molecule has 0 fully saturated rings. The lowest BCUT2D eigenvalue weighted by atomic mass is 10.2. The number of thiophene rings is 1. The molecule has 0 aliphatic heterocycles. The van der Waals surface area contributed by atoms with Crippen molar-refractivity contribution in [3.05, 3.63) is 45.6 Å². The van der Waals surface area contributed by atoms with Crippen LogP contribution in [0.5, 0.6) is 0 Å². The van der Waals surface area contributed by atoms with Gasteiger partial charge in [-0.05, 0) is 37.3 Å². The lowest BCUT2D eigenvalue weighted by Gasteiger charge is -2.05. The first-order valence-electron chi connectivity index (χ1n) is 6.00. The maximum atomic E-state index is 12.0. The number of amides is 2. The Morgan fingerprint density at radius 3 is 2.30 bits per heavy atom. The summed E-state index contributed by atoms with van der Waals surface area (Å²) >= 11 is 1.35. The number of carbonyl (C=O) groups excluding carboxylic acids is 2. The number of carbonyl (C=O) groups is 2. The summed E-state index contributed by atoms with van der Waals surface area (Å²) in [7, 11) is 1.57. The summed E-state index contributed by atoms with van der Waals surface area (Å²) < 4.78 is 0. The minimum Gasteiger partial charge on any atom is -0.398 e. The molecule has 0 aliphatic rings. The Labute approximate surface area is 120 Å². The van der Waals surface area contributed by atoms with E-state index in [9.17, 15) is 9.59 Å². The summed E-state index contributed by atoms with van der Waals surface area (Å²) in [5.41, 5.74) is 7.52. The highest BCUT2D eigenvalue weighted by Crippen LogP contribution is 2.24. The van der Waals surface area contributed by atoms with Gasteiger partial charge in [-0.1, -0.05) is 0 Å². The first-order chi connectivity index (χ1) is 9.51. The highest BCUT2D eigenvalue weighted by molar-refractivity contribution is 7.14. The van der Waals surface area contributed by atoms with Crippen molar-refractivity contribution in [1.29, 1.82) is 0 Å². The zero-order valence-electron chi connectivity index (χ0n) is 11.2. The molecule has 0 radical (unpaired) electrons. The molecule has 1 heterocycles. The minimum atomic E-state index is -0.206. The van der Waals surface area contributed by atoms with Crippen molar-refractivity contribution in [2.75, 3.05) is 18.1 Å². The second-order valence-corrected chi connectivity index (χ2v) is 5.49. The molecular formula is C14H15N3O2S. The van der Waals surface area contributed by atoms with Crippen molar-refractivity contribution in [1.82, 2.24) is 5.32 Å². The number of benzene rings is 1. The van der Waals surface area contributed by atoms with E-state index in [1.165, 1.54) is 11.3 Å². The molecule has 2 rings (SSSR count). The van der Waals surface area contributed by atoms with Crippen LogP contribution in [0.25, 0.3) is 0 Å². The number of nitrogens with two attached hydrogens (primary N) is 1. The number of anilines is 2. The van der Waals surface area contributed by atoms with Crippen LogP contribution in [0.15, 0.2) is 30.3 Å². The van der Waals surface area contributed by atoms with Crippen molar-refractivity contribution in [2.45, 2.75) is 6.92 Å². The maximum Gasteiger partial charge on any atom is 0.265 e. The van der Waals surface area contributed by atoms with Crippen LogP contribution >= 0.6 is 11.3 Å². The lowest BCUT2D eigenvalue weighted by molar-refractivity contribution is 0.0962. The molecule has 0 atom stereocenters. The fourth-order valence-corrected chi connectivity index (χ4v) is 2.49. The highest BCUT2D eigenvalue weighted by Gasteiger charge is 2.11. The molecule has 2 amide bonds. The Balaban J connectivity index is 2.10. The highest BCUT2D eigenvalue weighted by atomic mass is 32.1. The van der Waals surface area contributed by atoms with E-state index >= 15 is 0 Å². The fourth-order valence-electron chi connectivity index (χ4n) is 1.65. The van der Waals surface area contributed by atoms with Gasteiger partial charge in [-0.25, -0.2) is 0 Å². The van der Waals surface area contributed by atoms with Gasteiger partial charge in [0.15, 0.2) is 0 Å². The predicted octanol–water partition coefficient (Wildman–Crippen LogP) is 2.25. The lowest BCUT2D eigenvalue weighted by Crippen LogP contribution is -2.17. The molecule has 0 aliphatic carbocycles. The average molecular weight is 289 g/mol. The molecular weight excluding hydrogens is 274 g/mol. The molecule has 0 unspecified atom stereocenters. The third-order valence-electron chi connectivity index (χ3n) is 2.81. The Bertz CT molecular complexity index is 627. The summed E-state index contributed by atoms with van der Waals surface area (Å²) in [6.07, 6.45) is 0. The van der Waals surface area contributed by atoms with E-state index in [-0.39, 0.29) is 11.8 Å². The number of aryl methyl sites for hydroxylation is 1. The molecule has 0 saturated carbocycles. The molecule has 2 aromatic rings. The van der Waals surface area contributed by atoms with Gasteiger partial charge >= 0.3 is 0 Å². The Kier molecular flexibility index (Phi) is 4.05. The normalized spacial score (nSPS) is 10.1. The summed E-state index contributed by atoms with van der Waals surface area (Å²) in [4.78, 5) is 24.9. The van der Waals surface area contributed by atoms with Crippen LogP contribution in [0.2, 0.25) is 0 Å². The van der Waals surface area contributed by atoms with Gasteiger partial charge in [0, 0.05) is 28.9 Å². The third-order valence-corrected chi connectivity index (χ3v) is 3.88. The van der Waals surface area contributed by atoms with Crippen LogP contribution < -0.4 is 16.4 Å². The van der Waals surface area contributed by atoms with E-state index in [0.29, 0.717) is 21.8 Å². The van der Waals surface area contributed by atoms with E-state index in [2.05, 4.69) is 10.6 Å². The molecule has 0 saturated heterocycles. The monoisotopic (exact) mass is 289 g/mol. The number of nitrogen functional groups attached to an aromatic ring is 1. The average Bonchev–Trinajstić information content (AvgIpc) is 2.79. The van der Waals surface area contributed by atoms with Gasteiger partial charge in [-0.2, -0.15) is 0 Å². The number of hydrogen-bond acceptors (Lipinski definition) is 4. The fraction of sp³-hybridized carbons (Fsp3) is 0.143. The Morgan fingerprint density at radius 2 is 1.80 bits per heavy atom. The molecule has 4 N–H and O–H groups in total. The van der Waals surface area contributed by atoms with E-state index in [1.807, 2.05) is 6.92 Å². The number of hydrogen-bond donors (Lipinski definition) is 3. The van der Waals surface area contributed by atoms with Crippen LogP contribution in [0, 0.1) is 6.92 Å². The van der Waals surface area contributed by atoms with Gasteiger partial charge in [0.2, 0.25) is 0 Å². The molecule has 0 spiro atoms. The van der Waals surface area contributed by atoms with Crippen LogP contribution in [0.3, 0.4) is 0 Å². The number of nitrogens with one attached hydrogen (secondary N) is 2. The topological polar surface area (TPSA) is 84.2 Å². The minimum absolute atomic E-state index is 0.162. The third kappa shape index (κ3) is 2.97. The molecule has 104 valence electrons. The first-order valence-corrected chi connectivity index (χ1v) is 6.82. The van der Waals surface area contributed by atoms with Crippen molar-refractivity contribution in [3.8, 4) is 0 Å². The summed E-state index contributed by atoms with van der Waals surface area (Å²) in [5, 5.41) is 5.30. The second-order valence-electron chi connectivity index (χ2n) is 4.23. The van der Waals surface area contributed by atoms with Gasteiger partial charge < -0.3 is 16.4 Å². The Hall–Kier alpha value is -2.34. The SMILES string of the molecule is CNC(=O)c1ccc(NC(=O)c2cc(N)c(C)s2)cc1. The summed E-state index contributed by atoms with van der Waals surface area (Å²) in [6.45, 7) is 1.87. The molecule has 1 aromatic carbocycles. The van der Waals surface area contributed by atoms with Crippen LogP contribution in [0.1, 0.15) is 24.9 Å². The molecule has 6 heteroatoms. The van der Waals surface area contributed by atoms with Crippen molar-refractivity contribution in [2.24, 2.45) is 0 Å². The van der Waals surface area contributed by atoms with Crippen molar-refractivity contribution < 1.29 is 9.59 Å². The van der Waals surface area contributed by atoms with Crippen molar-refractivity contribution >= 4 is 34.5 Å². The van der Waals surface area contributed by atoms with Crippen LogP contribution in [-0.2, 0) is 0 Å². The van der Waals surface area contributed by atoms with E-state index in [1.54, 1.807) is 37.4 Å². The number of rotatable bonds is 3. The predicted molar refractivity (Wildman–Crippen MR) is 81.3 cm³/mol. The second kappa shape index (κ2) is 5.75. The molecule has 5 nitrogen and oxygen atoms in total. The van der Waals surface area contributed by atoms with Gasteiger partial charge in [0.1, 0.15) is 0 Å². The van der Waals surface area contributed by atoms with Crippen molar-refractivity contribution in [3.63, 3.8) is 0 Å². The largest absolute Gasteiger partial charge is 0.398 e. The van der Waals surface area contributed by atoms with Gasteiger partial charge in [-0.15, -0.1) is 11.3 Å². The molecule has 0 bridgehead atoms. The van der Waals surface area contributed by atoms with E-state index in [0.717, 1.165) is 4.88 Å². The maximum absolute atomic E-state index is 12.0. The zero-order chi connectivity index (χ0) is 14.7. The quantitative estimate of drug-likeness (QED) is 0.810. The smallest absolute Gasteiger partial charge is 0.265 e. The molecule has 1 aromatic heterocycles. The first kappa shape index (κ1) is 14.1. The van der Waals surface area contributed by atoms with Crippen LogP contribution in [0.4, 0.5) is 11.4 Å². The standard InChI is InChI=1S/C14H15N3O2S/c1-8-11(15)7-12(20-8)14(19)17-10-5-3-9(4-6-10)13(18)16-2/h3-7H,15H2,1-2H3,(H,16,18)(H,17,19). The van der Waals surface area contributed by atoms with E-state index < -0.39 is 0 Å². The summed E-state index contributed by atoms with van der Waals surface area (Å²) in [5.74, 6) is -0.368. The zero-order valence-corrected chi connectivity index (χ0v) is 12.0. The van der Waals surface area contributed by atoms with Gasteiger partial charge in [0.05, 0.1) is 4.88 Å². The molecule has 20 heavy (non-hydrogen) atoms. The van der Waals surface area contributed by atoms with Gasteiger partial charge in [-0.3, -0.25) is 9.59 Å². The van der Waals surface area contributed by atoms with Crippen LogP contribution in [-0.4, -0.2) is 18.9 Å². The van der Waals surface area contributed by atoms with Gasteiger partial charge in [0.25, 0.3) is 11.8 Å². The Morgan fingerprint density at radius 1 is 1.15 bits per heavy atom. The van der Waals surface area contributed by atoms with E-state index in [4.69, 9.17) is 5.73 Å². The summed E-state index contributed by atoms with van der Waals surface area (Å²) in [6, 6.07) is 8.35.